The van der Waals surface area contributed by atoms with E-state index in [0.717, 1.165) is 22.7 Å². The van der Waals surface area contributed by atoms with Gasteiger partial charge in [0.15, 0.2) is 0 Å². The van der Waals surface area contributed by atoms with Crippen LogP contribution >= 0.6 is 0 Å². The summed E-state index contributed by atoms with van der Waals surface area (Å²) in [6.07, 6.45) is 0. The molecule has 0 saturated carbocycles. The van der Waals surface area contributed by atoms with E-state index in [1.807, 2.05) is 0 Å². The molecule has 1 aromatic heterocycles. The van der Waals surface area contributed by atoms with E-state index in [0.29, 0.717) is 0 Å². The highest BCUT2D eigenvalue weighted by molar-refractivity contribution is 6.10. The average Bonchev–Trinajstić information content (AvgIpc) is 3.87. The monoisotopic (exact) mass is 842 g/mol. The maximum atomic E-state index is 2.49. The number of fused-ring (bicyclic) bond motifs is 12. The Bertz CT molecular complexity index is 3600. The summed E-state index contributed by atoms with van der Waals surface area (Å²) in [6, 6.07) is 89.9. The molecule has 1 heterocycles. The fourth-order valence-electron chi connectivity index (χ4n) is 11.7. The van der Waals surface area contributed by atoms with E-state index in [-0.39, 0.29) is 5.41 Å². The molecule has 0 aliphatic heterocycles. The van der Waals surface area contributed by atoms with Crippen LogP contribution in [0.2, 0.25) is 0 Å². The van der Waals surface area contributed by atoms with Gasteiger partial charge in [-0.3, -0.25) is 0 Å². The number of nitrogens with zero attached hydrogens (tertiary/aromatic N) is 2. The fraction of sp³-hybridized carbons (Fsp3) is 0.0625. The Morgan fingerprint density at radius 1 is 0.318 bits per heavy atom. The van der Waals surface area contributed by atoms with Crippen molar-refractivity contribution in [2.45, 2.75) is 24.7 Å². The van der Waals surface area contributed by atoms with Gasteiger partial charge in [-0.2, -0.15) is 0 Å². The van der Waals surface area contributed by atoms with Crippen LogP contribution in [-0.2, 0) is 10.8 Å². The van der Waals surface area contributed by atoms with Crippen molar-refractivity contribution in [3.63, 3.8) is 0 Å². The summed E-state index contributed by atoms with van der Waals surface area (Å²) in [5.74, 6) is 0. The van der Waals surface area contributed by atoms with Gasteiger partial charge < -0.3 is 9.47 Å². The van der Waals surface area contributed by atoms with Gasteiger partial charge in [-0.15, -0.1) is 0 Å². The predicted molar refractivity (Wildman–Crippen MR) is 276 cm³/mol. The predicted octanol–water partition coefficient (Wildman–Crippen LogP) is 16.6. The molecular formula is C64H46N2. The van der Waals surface area contributed by atoms with Gasteiger partial charge in [-0.1, -0.05) is 190 Å². The summed E-state index contributed by atoms with van der Waals surface area (Å²) in [6.45, 7) is 4.78. The van der Waals surface area contributed by atoms with Crippen molar-refractivity contribution < 1.29 is 0 Å². The Hall–Kier alpha value is -8.20. The third-order valence-corrected chi connectivity index (χ3v) is 14.7. The van der Waals surface area contributed by atoms with Gasteiger partial charge >= 0.3 is 0 Å². The van der Waals surface area contributed by atoms with Crippen molar-refractivity contribution in [2.75, 3.05) is 4.90 Å². The summed E-state index contributed by atoms with van der Waals surface area (Å²) in [4.78, 5) is 2.40. The second kappa shape index (κ2) is 14.7. The van der Waals surface area contributed by atoms with Crippen LogP contribution in [0.15, 0.2) is 243 Å². The molecule has 13 rings (SSSR count). The van der Waals surface area contributed by atoms with E-state index in [1.54, 1.807) is 0 Å². The Morgan fingerprint density at radius 3 is 1.45 bits per heavy atom. The lowest BCUT2D eigenvalue weighted by molar-refractivity contribution is 0.563. The van der Waals surface area contributed by atoms with Crippen LogP contribution in [0.4, 0.5) is 17.1 Å². The van der Waals surface area contributed by atoms with Crippen LogP contribution in [0.1, 0.15) is 47.2 Å². The van der Waals surface area contributed by atoms with E-state index in [2.05, 4.69) is 266 Å². The van der Waals surface area contributed by atoms with Crippen LogP contribution < -0.4 is 4.90 Å². The van der Waals surface area contributed by atoms with Gasteiger partial charge in [0.05, 0.1) is 16.4 Å². The lowest BCUT2D eigenvalue weighted by atomic mass is 9.55. The highest BCUT2D eigenvalue weighted by Gasteiger charge is 2.53. The van der Waals surface area contributed by atoms with Gasteiger partial charge in [-0.25, -0.2) is 0 Å². The zero-order chi connectivity index (χ0) is 44.0. The molecule has 312 valence electrons. The number of para-hydroxylation sites is 2. The molecule has 2 nitrogen and oxygen atoms in total. The minimum atomic E-state index is -0.435. The largest absolute Gasteiger partial charge is 0.310 e. The van der Waals surface area contributed by atoms with Crippen LogP contribution in [0.5, 0.6) is 0 Å². The first-order valence-electron chi connectivity index (χ1n) is 23.1. The quantitative estimate of drug-likeness (QED) is 0.162. The molecule has 0 atom stereocenters. The lowest BCUT2D eigenvalue weighted by Gasteiger charge is -2.46. The van der Waals surface area contributed by atoms with E-state index in [9.17, 15) is 0 Å². The minimum Gasteiger partial charge on any atom is -0.310 e. The summed E-state index contributed by atoms with van der Waals surface area (Å²) in [7, 11) is 0. The van der Waals surface area contributed by atoms with Crippen molar-refractivity contribution in [1.29, 1.82) is 0 Å². The summed E-state index contributed by atoms with van der Waals surface area (Å²) in [5.41, 5.74) is 21.9. The normalized spacial score (nSPS) is 13.8. The summed E-state index contributed by atoms with van der Waals surface area (Å²) >= 11 is 0. The SMILES string of the molecule is CC1(C)c2ccccc2C2(c3ccccc3-c3ccc(-c4ccc(N(c5ccc(-c6ccccc6)cc5)c5ccc6c(c5)c5ccccc5n6-c5ccccc5)cc4)cc32)c2ccccc21. The van der Waals surface area contributed by atoms with Crippen LogP contribution in [-0.4, -0.2) is 4.57 Å². The molecule has 0 bridgehead atoms. The molecular weight excluding hydrogens is 797 g/mol. The van der Waals surface area contributed by atoms with Gasteiger partial charge in [0.1, 0.15) is 0 Å². The molecule has 11 aromatic rings. The second-order valence-corrected chi connectivity index (χ2v) is 18.5. The standard InChI is InChI=1S/C64H46N2/c1-63(2)56-24-12-14-26-58(56)64(59-27-15-13-25-57(59)63)55-23-11-9-21-51(55)52-39-33-46(41-60(52)64)45-31-36-49(37-32-45)65(48-34-29-44(30-35-48)43-17-5-3-6-18-43)50-38-40-62-54(42-50)53-22-10-16-28-61(53)66(62)47-19-7-4-8-20-47/h3-42H,1-2H3. The van der Waals surface area contributed by atoms with E-state index in [4.69, 9.17) is 0 Å². The molecule has 0 fully saturated rings. The minimum absolute atomic E-state index is 0.138. The molecule has 2 aliphatic rings. The summed E-state index contributed by atoms with van der Waals surface area (Å²) < 4.78 is 2.38. The maximum Gasteiger partial charge on any atom is 0.0719 e. The van der Waals surface area contributed by atoms with Gasteiger partial charge in [0.2, 0.25) is 0 Å². The molecule has 10 aromatic carbocycles. The smallest absolute Gasteiger partial charge is 0.0719 e. The second-order valence-electron chi connectivity index (χ2n) is 18.5. The van der Waals surface area contributed by atoms with E-state index in [1.165, 1.54) is 88.6 Å². The maximum absolute atomic E-state index is 2.49. The fourth-order valence-corrected chi connectivity index (χ4v) is 11.7. The Kier molecular flexibility index (Phi) is 8.51. The number of hydrogen-bond acceptors (Lipinski definition) is 1. The number of rotatable bonds is 6. The number of aromatic nitrogens is 1. The topological polar surface area (TPSA) is 8.17 Å². The van der Waals surface area contributed by atoms with Gasteiger partial charge in [0.25, 0.3) is 0 Å². The van der Waals surface area contributed by atoms with Gasteiger partial charge in [-0.05, 0) is 133 Å². The third-order valence-electron chi connectivity index (χ3n) is 14.7. The molecule has 1 spiro atoms. The van der Waals surface area contributed by atoms with Crippen molar-refractivity contribution in [1.82, 2.24) is 4.57 Å². The van der Waals surface area contributed by atoms with Crippen LogP contribution in [0.25, 0.3) is 60.9 Å². The van der Waals surface area contributed by atoms with Gasteiger partial charge in [0, 0.05) is 38.9 Å². The van der Waals surface area contributed by atoms with E-state index < -0.39 is 5.41 Å². The number of anilines is 3. The Balaban J connectivity index is 0.960. The van der Waals surface area contributed by atoms with E-state index >= 15 is 0 Å². The lowest BCUT2D eigenvalue weighted by Crippen LogP contribution is -2.40. The zero-order valence-electron chi connectivity index (χ0n) is 37.0. The molecule has 0 N–H and O–H groups in total. The first-order chi connectivity index (χ1) is 32.5. The van der Waals surface area contributed by atoms with Crippen molar-refractivity contribution in [3.05, 3.63) is 276 Å². The Morgan fingerprint density at radius 2 is 0.788 bits per heavy atom. The first-order valence-corrected chi connectivity index (χ1v) is 23.1. The van der Waals surface area contributed by atoms with Crippen LogP contribution in [0.3, 0.4) is 0 Å². The highest BCUT2D eigenvalue weighted by atomic mass is 15.1. The van der Waals surface area contributed by atoms with Crippen molar-refractivity contribution in [3.8, 4) is 39.1 Å². The van der Waals surface area contributed by atoms with Crippen molar-refractivity contribution in [2.24, 2.45) is 0 Å². The Labute approximate surface area is 386 Å². The van der Waals surface area contributed by atoms with Crippen molar-refractivity contribution >= 4 is 38.9 Å². The molecule has 2 heteroatoms. The zero-order valence-corrected chi connectivity index (χ0v) is 37.0. The molecule has 0 radical (unpaired) electrons. The first kappa shape index (κ1) is 38.3. The summed E-state index contributed by atoms with van der Waals surface area (Å²) in [5, 5.41) is 2.45. The number of hydrogen-bond donors (Lipinski definition) is 0. The average molecular weight is 843 g/mol. The molecule has 0 unspecified atom stereocenters. The van der Waals surface area contributed by atoms with Crippen LogP contribution in [0, 0.1) is 0 Å². The third kappa shape index (κ3) is 5.55. The molecule has 0 saturated heterocycles. The number of benzene rings is 10. The highest BCUT2D eigenvalue weighted by Crippen LogP contribution is 2.62. The molecule has 0 amide bonds. The molecule has 2 aliphatic carbocycles. The molecule has 66 heavy (non-hydrogen) atoms.